The molecule has 1 unspecified atom stereocenters. The molecule has 1 aliphatic rings. The minimum absolute atomic E-state index is 0.201. The van der Waals surface area contributed by atoms with E-state index in [0.717, 1.165) is 0 Å². The predicted octanol–water partition coefficient (Wildman–Crippen LogP) is 0.304. The summed E-state index contributed by atoms with van der Waals surface area (Å²) in [5, 5.41) is 19.6. The molecule has 1 aliphatic heterocycles. The third kappa shape index (κ3) is 3.14. The minimum Gasteiger partial charge on any atom is -0.389 e. The zero-order valence-electron chi connectivity index (χ0n) is 9.13. The van der Waals surface area contributed by atoms with Crippen LogP contribution in [0.25, 0.3) is 0 Å². The lowest BCUT2D eigenvalue weighted by Gasteiger charge is -2.40. The van der Waals surface area contributed by atoms with Crippen molar-refractivity contribution < 1.29 is 14.9 Å². The molecule has 4 nitrogen and oxygen atoms in total. The van der Waals surface area contributed by atoms with Gasteiger partial charge in [-0.1, -0.05) is 18.2 Å². The van der Waals surface area contributed by atoms with Gasteiger partial charge in [-0.25, -0.2) is 0 Å². The first-order valence-electron chi connectivity index (χ1n) is 5.13. The fourth-order valence-corrected chi connectivity index (χ4v) is 1.67. The number of aliphatic hydroxyl groups excluding tert-OH is 1. The van der Waals surface area contributed by atoms with Crippen molar-refractivity contribution >= 4 is 0 Å². The number of allylic oxidation sites excluding steroid dienone is 3. The minimum atomic E-state index is -1.36. The fourth-order valence-electron chi connectivity index (χ4n) is 1.67. The molecule has 0 aliphatic carbocycles. The topological polar surface area (TPSA) is 75.7 Å². The van der Waals surface area contributed by atoms with E-state index in [4.69, 9.17) is 10.5 Å². The van der Waals surface area contributed by atoms with E-state index in [1.54, 1.807) is 25.2 Å². The highest BCUT2D eigenvalue weighted by atomic mass is 16.6. The molecule has 0 aromatic carbocycles. The molecule has 0 saturated carbocycles. The van der Waals surface area contributed by atoms with Gasteiger partial charge in [0.15, 0.2) is 5.79 Å². The maximum Gasteiger partial charge on any atom is 0.187 e. The second kappa shape index (κ2) is 4.90. The first-order chi connectivity index (χ1) is 6.98. The lowest BCUT2D eigenvalue weighted by molar-refractivity contribution is -0.248. The van der Waals surface area contributed by atoms with Gasteiger partial charge in [0, 0.05) is 12.5 Å². The molecular weight excluding hydrogens is 194 g/mol. The van der Waals surface area contributed by atoms with Crippen LogP contribution in [-0.2, 0) is 4.74 Å². The van der Waals surface area contributed by atoms with E-state index in [1.807, 2.05) is 13.0 Å². The van der Waals surface area contributed by atoms with Crippen molar-refractivity contribution in [3.63, 3.8) is 0 Å². The Kier molecular flexibility index (Phi) is 4.04. The van der Waals surface area contributed by atoms with Crippen LogP contribution in [0.15, 0.2) is 24.3 Å². The first kappa shape index (κ1) is 12.4. The Morgan fingerprint density at radius 1 is 1.47 bits per heavy atom. The summed E-state index contributed by atoms with van der Waals surface area (Å²) in [6, 6.07) is -0.464. The van der Waals surface area contributed by atoms with Crippen molar-refractivity contribution in [2.75, 3.05) is 0 Å². The van der Waals surface area contributed by atoms with Crippen molar-refractivity contribution in [1.82, 2.24) is 0 Å². The van der Waals surface area contributed by atoms with Gasteiger partial charge in [0.2, 0.25) is 0 Å². The molecule has 0 bridgehead atoms. The third-order valence-corrected chi connectivity index (χ3v) is 2.50. The van der Waals surface area contributed by atoms with E-state index >= 15 is 0 Å². The first-order valence-corrected chi connectivity index (χ1v) is 5.13. The number of ether oxygens (including phenoxy) is 1. The molecule has 86 valence electrons. The second-order valence-corrected chi connectivity index (χ2v) is 3.91. The van der Waals surface area contributed by atoms with Crippen molar-refractivity contribution in [1.29, 1.82) is 0 Å². The Balaban J connectivity index is 2.70. The number of rotatable bonds is 2. The summed E-state index contributed by atoms with van der Waals surface area (Å²) < 4.78 is 5.31. The maximum atomic E-state index is 10.0. The number of nitrogens with two attached hydrogens (primary N) is 1. The molecule has 1 fully saturated rings. The average molecular weight is 213 g/mol. The SMILES string of the molecule is C/C=C/C=C/C1(O)C[C@H](N)[C@H](O)[C@H](C)O1. The van der Waals surface area contributed by atoms with E-state index < -0.39 is 24.0 Å². The van der Waals surface area contributed by atoms with Gasteiger partial charge < -0.3 is 20.7 Å². The fraction of sp³-hybridized carbons (Fsp3) is 0.636. The molecule has 4 atom stereocenters. The standard InChI is InChI=1S/C11H19NO3/c1-3-4-5-6-11(14)7-9(12)10(13)8(2)15-11/h3-6,8-10,13-14H,7,12H2,1-2H3/b4-3+,6-5+/t8-,9-,10+,11?/m0/s1. The van der Waals surface area contributed by atoms with Crippen LogP contribution in [0.1, 0.15) is 20.3 Å². The summed E-state index contributed by atoms with van der Waals surface area (Å²) in [5.41, 5.74) is 5.71. The Bertz CT molecular complexity index is 251. The highest BCUT2D eigenvalue weighted by Gasteiger charge is 2.40. The number of aliphatic hydroxyl groups is 2. The van der Waals surface area contributed by atoms with E-state index in [1.165, 1.54) is 0 Å². The normalized spacial score (nSPS) is 42.9. The molecule has 0 aromatic rings. The van der Waals surface area contributed by atoms with Crippen LogP contribution in [0.5, 0.6) is 0 Å². The summed E-state index contributed by atoms with van der Waals surface area (Å²) in [6.07, 6.45) is 5.91. The van der Waals surface area contributed by atoms with Crippen molar-refractivity contribution in [3.05, 3.63) is 24.3 Å². The molecule has 0 amide bonds. The monoisotopic (exact) mass is 213 g/mol. The molecule has 1 rings (SSSR count). The molecule has 4 heteroatoms. The third-order valence-electron chi connectivity index (χ3n) is 2.50. The summed E-state index contributed by atoms with van der Waals surface area (Å²) in [4.78, 5) is 0. The summed E-state index contributed by atoms with van der Waals surface area (Å²) in [5.74, 6) is -1.36. The van der Waals surface area contributed by atoms with Crippen LogP contribution in [-0.4, -0.2) is 34.2 Å². The van der Waals surface area contributed by atoms with Gasteiger partial charge in [0.1, 0.15) is 0 Å². The molecule has 4 N–H and O–H groups in total. The van der Waals surface area contributed by atoms with Gasteiger partial charge in [0.25, 0.3) is 0 Å². The van der Waals surface area contributed by atoms with Crippen LogP contribution in [0.4, 0.5) is 0 Å². The Hall–Kier alpha value is -0.680. The van der Waals surface area contributed by atoms with Crippen LogP contribution >= 0.6 is 0 Å². The summed E-state index contributed by atoms with van der Waals surface area (Å²) in [6.45, 7) is 3.58. The van der Waals surface area contributed by atoms with E-state index in [9.17, 15) is 10.2 Å². The quantitative estimate of drug-likeness (QED) is 0.577. The molecule has 15 heavy (non-hydrogen) atoms. The van der Waals surface area contributed by atoms with Gasteiger partial charge >= 0.3 is 0 Å². The van der Waals surface area contributed by atoms with Crippen LogP contribution in [0.3, 0.4) is 0 Å². The molecule has 1 saturated heterocycles. The highest BCUT2D eigenvalue weighted by molar-refractivity contribution is 5.09. The van der Waals surface area contributed by atoms with Crippen LogP contribution < -0.4 is 5.73 Å². The van der Waals surface area contributed by atoms with E-state index in [0.29, 0.717) is 0 Å². The zero-order valence-corrected chi connectivity index (χ0v) is 9.13. The highest BCUT2D eigenvalue weighted by Crippen LogP contribution is 2.27. The summed E-state index contributed by atoms with van der Waals surface area (Å²) in [7, 11) is 0. The van der Waals surface area contributed by atoms with Crippen molar-refractivity contribution in [3.8, 4) is 0 Å². The van der Waals surface area contributed by atoms with Gasteiger partial charge in [0.05, 0.1) is 12.2 Å². The zero-order chi connectivity index (χ0) is 11.5. The predicted molar refractivity (Wildman–Crippen MR) is 58.1 cm³/mol. The Morgan fingerprint density at radius 2 is 2.13 bits per heavy atom. The largest absolute Gasteiger partial charge is 0.389 e. The van der Waals surface area contributed by atoms with Gasteiger partial charge in [-0.3, -0.25) is 0 Å². The van der Waals surface area contributed by atoms with Crippen LogP contribution in [0, 0.1) is 0 Å². The summed E-state index contributed by atoms with van der Waals surface area (Å²) >= 11 is 0. The van der Waals surface area contributed by atoms with Gasteiger partial charge in [-0.2, -0.15) is 0 Å². The lowest BCUT2D eigenvalue weighted by Crippen LogP contribution is -2.56. The molecule has 0 radical (unpaired) electrons. The van der Waals surface area contributed by atoms with Gasteiger partial charge in [-0.05, 0) is 19.9 Å². The molecular formula is C11H19NO3. The van der Waals surface area contributed by atoms with Crippen LogP contribution in [0.2, 0.25) is 0 Å². The smallest absolute Gasteiger partial charge is 0.187 e. The molecule has 0 aromatic heterocycles. The van der Waals surface area contributed by atoms with E-state index in [2.05, 4.69) is 0 Å². The number of hydrogen-bond acceptors (Lipinski definition) is 4. The van der Waals surface area contributed by atoms with E-state index in [-0.39, 0.29) is 6.42 Å². The Morgan fingerprint density at radius 3 is 2.67 bits per heavy atom. The van der Waals surface area contributed by atoms with Crippen molar-refractivity contribution in [2.45, 2.75) is 44.3 Å². The molecule has 1 heterocycles. The maximum absolute atomic E-state index is 10.0. The second-order valence-electron chi connectivity index (χ2n) is 3.91. The van der Waals surface area contributed by atoms with Gasteiger partial charge in [-0.15, -0.1) is 0 Å². The van der Waals surface area contributed by atoms with Crippen molar-refractivity contribution in [2.24, 2.45) is 5.73 Å². The molecule has 0 spiro atoms. The number of hydrogen-bond donors (Lipinski definition) is 3. The average Bonchev–Trinajstić information content (AvgIpc) is 2.14. The lowest BCUT2D eigenvalue weighted by atomic mass is 9.94. The Labute approximate surface area is 90.0 Å².